The molecule has 0 heterocycles. The lowest BCUT2D eigenvalue weighted by Crippen LogP contribution is -2.32. The number of hydrogen-bond donors (Lipinski definition) is 0. The SMILES string of the molecule is CC(C)OC(=O)C(=NC(C)c1cccc(Oc2ccccc2)c1)C(=O)OC(C)C. The zero-order valence-electron chi connectivity index (χ0n) is 17.4. The van der Waals surface area contributed by atoms with Crippen LogP contribution in [0, 0.1) is 0 Å². The Kier molecular flexibility index (Phi) is 7.95. The lowest BCUT2D eigenvalue weighted by atomic mass is 10.1. The number of para-hydroxylation sites is 1. The Morgan fingerprint density at radius 1 is 0.759 bits per heavy atom. The van der Waals surface area contributed by atoms with E-state index in [4.69, 9.17) is 14.2 Å². The number of aliphatic imine (C=N–C) groups is 1. The largest absolute Gasteiger partial charge is 0.458 e. The van der Waals surface area contributed by atoms with Crippen molar-refractivity contribution in [3.05, 3.63) is 60.2 Å². The maximum Gasteiger partial charge on any atom is 0.364 e. The number of esters is 2. The third kappa shape index (κ3) is 7.07. The summed E-state index contributed by atoms with van der Waals surface area (Å²) in [6.07, 6.45) is -0.755. The highest BCUT2D eigenvalue weighted by molar-refractivity contribution is 6.62. The van der Waals surface area contributed by atoms with Crippen LogP contribution in [-0.2, 0) is 19.1 Å². The molecule has 0 aromatic heterocycles. The van der Waals surface area contributed by atoms with Gasteiger partial charge in [0, 0.05) is 0 Å². The standard InChI is InChI=1S/C23H27NO5/c1-15(2)27-22(25)21(23(26)28-16(3)4)24-17(5)18-10-9-13-20(14-18)29-19-11-7-6-8-12-19/h6-17H,1-5H3. The third-order valence-corrected chi connectivity index (χ3v) is 3.71. The van der Waals surface area contributed by atoms with Crippen LogP contribution in [-0.4, -0.2) is 29.9 Å². The van der Waals surface area contributed by atoms with Gasteiger partial charge in [0.2, 0.25) is 5.71 Å². The average molecular weight is 397 g/mol. The van der Waals surface area contributed by atoms with Gasteiger partial charge >= 0.3 is 11.9 Å². The highest BCUT2D eigenvalue weighted by Gasteiger charge is 2.26. The Labute approximate surface area is 171 Å². The lowest BCUT2D eigenvalue weighted by molar-refractivity contribution is -0.144. The molecule has 0 aliphatic carbocycles. The van der Waals surface area contributed by atoms with Crippen molar-refractivity contribution in [2.75, 3.05) is 0 Å². The predicted molar refractivity (Wildman–Crippen MR) is 111 cm³/mol. The summed E-state index contributed by atoms with van der Waals surface area (Å²) in [5.74, 6) is -0.252. The van der Waals surface area contributed by atoms with Crippen LogP contribution in [0.2, 0.25) is 0 Å². The molecule has 0 aliphatic heterocycles. The van der Waals surface area contributed by atoms with E-state index in [-0.39, 0.29) is 17.9 Å². The van der Waals surface area contributed by atoms with Crippen molar-refractivity contribution in [1.29, 1.82) is 0 Å². The molecule has 2 aromatic carbocycles. The van der Waals surface area contributed by atoms with Crippen LogP contribution in [0.5, 0.6) is 11.5 Å². The molecule has 1 unspecified atom stereocenters. The van der Waals surface area contributed by atoms with Crippen molar-refractivity contribution in [2.45, 2.75) is 52.9 Å². The Morgan fingerprint density at radius 3 is 1.86 bits per heavy atom. The summed E-state index contributed by atoms with van der Waals surface area (Å²) in [4.78, 5) is 29.1. The third-order valence-electron chi connectivity index (χ3n) is 3.71. The van der Waals surface area contributed by atoms with Crippen LogP contribution in [0.3, 0.4) is 0 Å². The Balaban J connectivity index is 2.27. The van der Waals surface area contributed by atoms with Crippen LogP contribution in [0.4, 0.5) is 0 Å². The summed E-state index contributed by atoms with van der Waals surface area (Å²) in [6.45, 7) is 8.61. The molecule has 0 radical (unpaired) electrons. The van der Waals surface area contributed by atoms with Gasteiger partial charge in [-0.05, 0) is 64.4 Å². The highest BCUT2D eigenvalue weighted by Crippen LogP contribution is 2.26. The Morgan fingerprint density at radius 2 is 1.31 bits per heavy atom. The number of hydrogen-bond acceptors (Lipinski definition) is 6. The molecule has 0 amide bonds. The fraction of sp³-hybridized carbons (Fsp3) is 0.348. The number of rotatable bonds is 8. The fourth-order valence-electron chi connectivity index (χ4n) is 2.46. The monoisotopic (exact) mass is 397 g/mol. The number of nitrogens with zero attached hydrogens (tertiary/aromatic N) is 1. The topological polar surface area (TPSA) is 74.2 Å². The lowest BCUT2D eigenvalue weighted by Gasteiger charge is -2.15. The fourth-order valence-corrected chi connectivity index (χ4v) is 2.46. The molecule has 0 spiro atoms. The van der Waals surface area contributed by atoms with Gasteiger partial charge < -0.3 is 14.2 Å². The molecule has 0 saturated carbocycles. The van der Waals surface area contributed by atoms with Gasteiger partial charge in [-0.15, -0.1) is 0 Å². The predicted octanol–water partition coefficient (Wildman–Crippen LogP) is 4.88. The van der Waals surface area contributed by atoms with Gasteiger partial charge in [0.25, 0.3) is 0 Å². The van der Waals surface area contributed by atoms with Gasteiger partial charge in [0.05, 0.1) is 18.2 Å². The molecule has 6 heteroatoms. The zero-order chi connectivity index (χ0) is 21.4. The molecule has 0 fully saturated rings. The molecule has 1 atom stereocenters. The van der Waals surface area contributed by atoms with Gasteiger partial charge in [-0.3, -0.25) is 4.99 Å². The van der Waals surface area contributed by atoms with E-state index in [1.807, 2.05) is 54.6 Å². The van der Waals surface area contributed by atoms with E-state index in [1.165, 1.54) is 0 Å². The van der Waals surface area contributed by atoms with Crippen LogP contribution >= 0.6 is 0 Å². The molecular weight excluding hydrogens is 370 g/mol. The van der Waals surface area contributed by atoms with Crippen molar-refractivity contribution >= 4 is 17.7 Å². The van der Waals surface area contributed by atoms with Crippen LogP contribution in [0.15, 0.2) is 59.6 Å². The van der Waals surface area contributed by atoms with Gasteiger partial charge in [0.1, 0.15) is 11.5 Å². The average Bonchev–Trinajstić information content (AvgIpc) is 2.65. The van der Waals surface area contributed by atoms with Crippen molar-refractivity contribution in [2.24, 2.45) is 4.99 Å². The molecule has 154 valence electrons. The van der Waals surface area contributed by atoms with E-state index in [0.29, 0.717) is 11.5 Å². The van der Waals surface area contributed by atoms with E-state index >= 15 is 0 Å². The first kappa shape index (κ1) is 22.1. The van der Waals surface area contributed by atoms with Crippen LogP contribution < -0.4 is 4.74 Å². The van der Waals surface area contributed by atoms with Crippen LogP contribution in [0.1, 0.15) is 46.2 Å². The van der Waals surface area contributed by atoms with Crippen molar-refractivity contribution in [3.8, 4) is 11.5 Å². The molecule has 2 aromatic rings. The Bertz CT molecular complexity index is 835. The first-order valence-corrected chi connectivity index (χ1v) is 9.59. The summed E-state index contributed by atoms with van der Waals surface area (Å²) in [5, 5.41) is 0. The minimum atomic E-state index is -0.797. The first-order valence-electron chi connectivity index (χ1n) is 9.59. The molecule has 0 bridgehead atoms. The number of carbonyl (C=O) groups excluding carboxylic acids is 2. The van der Waals surface area contributed by atoms with Gasteiger partial charge in [-0.25, -0.2) is 9.59 Å². The second-order valence-electron chi connectivity index (χ2n) is 7.05. The van der Waals surface area contributed by atoms with Gasteiger partial charge in [-0.1, -0.05) is 30.3 Å². The second kappa shape index (κ2) is 10.4. The summed E-state index contributed by atoms with van der Waals surface area (Å²) in [6, 6.07) is 16.2. The summed E-state index contributed by atoms with van der Waals surface area (Å²) >= 11 is 0. The quantitative estimate of drug-likeness (QED) is 0.360. The number of carbonyl (C=O) groups is 2. The molecule has 0 saturated heterocycles. The normalized spacial score (nSPS) is 11.7. The van der Waals surface area contributed by atoms with E-state index < -0.39 is 18.0 Å². The Hall–Kier alpha value is -3.15. The highest BCUT2D eigenvalue weighted by atomic mass is 16.6. The van der Waals surface area contributed by atoms with Crippen molar-refractivity contribution in [3.63, 3.8) is 0 Å². The molecule has 2 rings (SSSR count). The van der Waals surface area contributed by atoms with E-state index in [9.17, 15) is 9.59 Å². The molecular formula is C23H27NO5. The maximum atomic E-state index is 12.4. The molecule has 29 heavy (non-hydrogen) atoms. The number of ether oxygens (including phenoxy) is 3. The van der Waals surface area contributed by atoms with E-state index in [0.717, 1.165) is 5.56 Å². The summed E-state index contributed by atoms with van der Waals surface area (Å²) in [7, 11) is 0. The van der Waals surface area contributed by atoms with Gasteiger partial charge in [0.15, 0.2) is 0 Å². The molecule has 0 N–H and O–H groups in total. The maximum absolute atomic E-state index is 12.4. The van der Waals surface area contributed by atoms with E-state index in [1.54, 1.807) is 34.6 Å². The number of benzene rings is 2. The summed E-state index contributed by atoms with van der Waals surface area (Å²) in [5.41, 5.74) is 0.430. The minimum absolute atomic E-state index is 0.353. The van der Waals surface area contributed by atoms with Crippen molar-refractivity contribution in [1.82, 2.24) is 0 Å². The van der Waals surface area contributed by atoms with E-state index in [2.05, 4.69) is 4.99 Å². The molecule has 6 nitrogen and oxygen atoms in total. The smallest absolute Gasteiger partial charge is 0.364 e. The van der Waals surface area contributed by atoms with Crippen molar-refractivity contribution < 1.29 is 23.8 Å². The first-order chi connectivity index (χ1) is 13.8. The van der Waals surface area contributed by atoms with Crippen LogP contribution in [0.25, 0.3) is 0 Å². The molecule has 0 aliphatic rings. The van der Waals surface area contributed by atoms with Gasteiger partial charge in [-0.2, -0.15) is 0 Å². The zero-order valence-corrected chi connectivity index (χ0v) is 17.4. The minimum Gasteiger partial charge on any atom is -0.458 e. The summed E-state index contributed by atoms with van der Waals surface area (Å²) < 4.78 is 16.2. The second-order valence-corrected chi connectivity index (χ2v) is 7.05.